The van der Waals surface area contributed by atoms with Crippen molar-refractivity contribution in [2.45, 2.75) is 12.5 Å². The fourth-order valence-corrected chi connectivity index (χ4v) is 1.77. The van der Waals surface area contributed by atoms with Crippen LogP contribution in [0.25, 0.3) is 0 Å². The largest absolute Gasteiger partial charge is 0.480 e. The van der Waals surface area contributed by atoms with Crippen LogP contribution in [0.1, 0.15) is 6.42 Å². The van der Waals surface area contributed by atoms with E-state index in [0.29, 0.717) is 0 Å². The Morgan fingerprint density at radius 1 is 1.50 bits per heavy atom. The molecule has 0 spiro atoms. The molecule has 1 fully saturated rings. The normalized spacial score (nSPS) is 18.2. The van der Waals surface area contributed by atoms with E-state index in [1.807, 2.05) is 0 Å². The van der Waals surface area contributed by atoms with Crippen LogP contribution in [0.15, 0.2) is 0 Å². The second kappa shape index (κ2) is 6.73. The van der Waals surface area contributed by atoms with Crippen molar-refractivity contribution in [1.82, 2.24) is 20.4 Å². The van der Waals surface area contributed by atoms with Crippen LogP contribution >= 0.6 is 0 Å². The standard InChI is InChI=1S/C11H18N4O5/c1-12-8(16)3-4-14(2)11(20)15-6-9(17)13-5-7(15)10(18)19/h7H,3-6H2,1-2H3,(H,12,16)(H,13,17)(H,18,19). The molecule has 1 unspecified atom stereocenters. The number of aliphatic carboxylic acids is 1. The second-order valence-corrected chi connectivity index (χ2v) is 4.41. The summed E-state index contributed by atoms with van der Waals surface area (Å²) < 4.78 is 0. The van der Waals surface area contributed by atoms with E-state index >= 15 is 0 Å². The Labute approximate surface area is 115 Å². The number of hydrogen-bond acceptors (Lipinski definition) is 4. The van der Waals surface area contributed by atoms with E-state index in [0.717, 1.165) is 4.90 Å². The highest BCUT2D eigenvalue weighted by Gasteiger charge is 2.36. The Morgan fingerprint density at radius 2 is 2.15 bits per heavy atom. The van der Waals surface area contributed by atoms with Crippen molar-refractivity contribution in [3.05, 3.63) is 0 Å². The van der Waals surface area contributed by atoms with Crippen molar-refractivity contribution in [3.63, 3.8) is 0 Å². The van der Waals surface area contributed by atoms with Gasteiger partial charge < -0.3 is 20.6 Å². The second-order valence-electron chi connectivity index (χ2n) is 4.41. The SMILES string of the molecule is CNC(=O)CCN(C)C(=O)N1CC(=O)NCC1C(=O)O. The molecule has 0 saturated carbocycles. The van der Waals surface area contributed by atoms with Crippen molar-refractivity contribution in [3.8, 4) is 0 Å². The van der Waals surface area contributed by atoms with E-state index < -0.39 is 23.9 Å². The number of nitrogens with one attached hydrogen (secondary N) is 2. The number of nitrogens with zero attached hydrogens (tertiary/aromatic N) is 2. The lowest BCUT2D eigenvalue weighted by Crippen LogP contribution is -2.61. The maximum atomic E-state index is 12.1. The lowest BCUT2D eigenvalue weighted by atomic mass is 10.2. The molecule has 1 aliphatic rings. The summed E-state index contributed by atoms with van der Waals surface area (Å²) in [7, 11) is 2.94. The van der Waals surface area contributed by atoms with E-state index in [2.05, 4.69) is 10.6 Å². The molecule has 0 bridgehead atoms. The molecule has 0 aliphatic carbocycles. The van der Waals surface area contributed by atoms with Gasteiger partial charge in [0, 0.05) is 33.6 Å². The van der Waals surface area contributed by atoms with Gasteiger partial charge in [-0.2, -0.15) is 0 Å². The van der Waals surface area contributed by atoms with Crippen molar-refractivity contribution in [1.29, 1.82) is 0 Å². The summed E-state index contributed by atoms with van der Waals surface area (Å²) in [4.78, 5) is 47.9. The quantitative estimate of drug-likeness (QED) is 0.555. The average molecular weight is 286 g/mol. The van der Waals surface area contributed by atoms with Gasteiger partial charge in [0.1, 0.15) is 12.6 Å². The monoisotopic (exact) mass is 286 g/mol. The van der Waals surface area contributed by atoms with Gasteiger partial charge >= 0.3 is 12.0 Å². The Hall–Kier alpha value is -2.32. The molecule has 0 aromatic rings. The molecule has 9 heteroatoms. The first-order valence-electron chi connectivity index (χ1n) is 6.08. The molecule has 9 nitrogen and oxygen atoms in total. The number of rotatable bonds is 4. The average Bonchev–Trinajstić information content (AvgIpc) is 2.42. The molecular weight excluding hydrogens is 268 g/mol. The highest BCUT2D eigenvalue weighted by molar-refractivity contribution is 5.90. The number of carbonyl (C=O) groups excluding carboxylic acids is 3. The summed E-state index contributed by atoms with van der Waals surface area (Å²) >= 11 is 0. The number of carboxylic acid groups (broad SMARTS) is 1. The van der Waals surface area contributed by atoms with E-state index in [4.69, 9.17) is 5.11 Å². The fraction of sp³-hybridized carbons (Fsp3) is 0.636. The highest BCUT2D eigenvalue weighted by atomic mass is 16.4. The Kier molecular flexibility index (Phi) is 5.30. The predicted molar refractivity (Wildman–Crippen MR) is 67.8 cm³/mol. The molecule has 0 radical (unpaired) electrons. The molecule has 0 aromatic carbocycles. The Bertz CT molecular complexity index is 425. The van der Waals surface area contributed by atoms with Gasteiger partial charge in [-0.15, -0.1) is 0 Å². The summed E-state index contributed by atoms with van der Waals surface area (Å²) in [5.74, 6) is -1.82. The van der Waals surface area contributed by atoms with Gasteiger partial charge in [-0.05, 0) is 0 Å². The van der Waals surface area contributed by atoms with Crippen LogP contribution in [0, 0.1) is 0 Å². The number of carbonyl (C=O) groups is 4. The van der Waals surface area contributed by atoms with Gasteiger partial charge in [-0.1, -0.05) is 0 Å². The van der Waals surface area contributed by atoms with Crippen LogP contribution in [0.5, 0.6) is 0 Å². The minimum absolute atomic E-state index is 0.108. The topological polar surface area (TPSA) is 119 Å². The van der Waals surface area contributed by atoms with Gasteiger partial charge in [0.05, 0.1) is 0 Å². The fourth-order valence-electron chi connectivity index (χ4n) is 1.77. The summed E-state index contributed by atoms with van der Waals surface area (Å²) in [6.45, 7) is -0.285. The van der Waals surface area contributed by atoms with Gasteiger partial charge in [0.2, 0.25) is 11.8 Å². The third kappa shape index (κ3) is 3.84. The first-order chi connectivity index (χ1) is 9.36. The number of piperazine rings is 1. The lowest BCUT2D eigenvalue weighted by Gasteiger charge is -2.35. The zero-order chi connectivity index (χ0) is 15.3. The first-order valence-corrected chi connectivity index (χ1v) is 6.08. The summed E-state index contributed by atoms with van der Waals surface area (Å²) in [6, 6.07) is -1.68. The molecule has 0 aromatic heterocycles. The number of hydrogen-bond donors (Lipinski definition) is 3. The predicted octanol–water partition coefficient (Wildman–Crippen LogP) is -1.94. The smallest absolute Gasteiger partial charge is 0.328 e. The Balaban J connectivity index is 2.68. The molecule has 4 amide bonds. The number of amides is 4. The molecule has 1 rings (SSSR count). The van der Waals surface area contributed by atoms with Gasteiger partial charge in [0.25, 0.3) is 0 Å². The molecular formula is C11H18N4O5. The van der Waals surface area contributed by atoms with Crippen molar-refractivity contribution < 1.29 is 24.3 Å². The summed E-state index contributed by atoms with van der Waals surface area (Å²) in [5.41, 5.74) is 0. The molecule has 3 N–H and O–H groups in total. The van der Waals surface area contributed by atoms with Gasteiger partial charge in [-0.3, -0.25) is 14.5 Å². The minimum atomic E-state index is -1.18. The van der Waals surface area contributed by atoms with Crippen molar-refractivity contribution in [2.75, 3.05) is 33.7 Å². The van der Waals surface area contributed by atoms with Gasteiger partial charge in [0.15, 0.2) is 0 Å². The molecule has 1 heterocycles. The van der Waals surface area contributed by atoms with Crippen LogP contribution in [-0.2, 0) is 14.4 Å². The van der Waals surface area contributed by atoms with Crippen molar-refractivity contribution >= 4 is 23.8 Å². The molecule has 1 atom stereocenters. The Morgan fingerprint density at radius 3 is 2.70 bits per heavy atom. The van der Waals surface area contributed by atoms with Crippen LogP contribution < -0.4 is 10.6 Å². The van der Waals surface area contributed by atoms with Crippen LogP contribution in [0.4, 0.5) is 4.79 Å². The van der Waals surface area contributed by atoms with E-state index in [-0.39, 0.29) is 32.0 Å². The number of carboxylic acids is 1. The third-order valence-corrected chi connectivity index (χ3v) is 2.99. The van der Waals surface area contributed by atoms with Gasteiger partial charge in [-0.25, -0.2) is 9.59 Å². The molecule has 1 saturated heterocycles. The molecule has 112 valence electrons. The minimum Gasteiger partial charge on any atom is -0.480 e. The van der Waals surface area contributed by atoms with Crippen molar-refractivity contribution in [2.24, 2.45) is 0 Å². The highest BCUT2D eigenvalue weighted by Crippen LogP contribution is 2.08. The third-order valence-electron chi connectivity index (χ3n) is 2.99. The van der Waals surface area contributed by atoms with Crippen LogP contribution in [0.3, 0.4) is 0 Å². The van der Waals surface area contributed by atoms with Crippen LogP contribution in [0.2, 0.25) is 0 Å². The summed E-state index contributed by atoms with van der Waals surface area (Å²) in [6.07, 6.45) is 0.108. The van der Waals surface area contributed by atoms with E-state index in [1.165, 1.54) is 19.0 Å². The summed E-state index contributed by atoms with van der Waals surface area (Å²) in [5, 5.41) is 13.9. The maximum absolute atomic E-state index is 12.1. The zero-order valence-corrected chi connectivity index (χ0v) is 11.4. The van der Waals surface area contributed by atoms with Crippen LogP contribution in [-0.4, -0.2) is 78.5 Å². The first kappa shape index (κ1) is 15.7. The van der Waals surface area contributed by atoms with E-state index in [9.17, 15) is 19.2 Å². The lowest BCUT2D eigenvalue weighted by molar-refractivity contribution is -0.144. The maximum Gasteiger partial charge on any atom is 0.328 e. The molecule has 20 heavy (non-hydrogen) atoms. The number of urea groups is 1. The molecule has 1 aliphatic heterocycles. The van der Waals surface area contributed by atoms with E-state index in [1.54, 1.807) is 0 Å². The zero-order valence-electron chi connectivity index (χ0n) is 11.4.